The number of benzene rings is 1. The van der Waals surface area contributed by atoms with E-state index in [0.29, 0.717) is 4.47 Å². The topological polar surface area (TPSA) is 38.3 Å². The number of hydrogen-bond donors (Lipinski definition) is 1. The molecule has 0 saturated heterocycles. The SMILES string of the molecule is CC(C)(C)NC(=O)Oc1ccc(Br)cc1F. The molecular formula is C11H13BrFNO2. The summed E-state index contributed by atoms with van der Waals surface area (Å²) in [5.41, 5.74) is -0.414. The van der Waals surface area contributed by atoms with E-state index in [4.69, 9.17) is 4.74 Å². The first-order chi connectivity index (χ1) is 7.28. The highest BCUT2D eigenvalue weighted by atomic mass is 79.9. The fourth-order valence-corrected chi connectivity index (χ4v) is 1.32. The zero-order valence-electron chi connectivity index (χ0n) is 9.30. The molecule has 1 rings (SSSR count). The predicted octanol–water partition coefficient (Wildman–Crippen LogP) is 3.48. The van der Waals surface area contributed by atoms with Crippen LogP contribution < -0.4 is 10.1 Å². The highest BCUT2D eigenvalue weighted by Crippen LogP contribution is 2.21. The summed E-state index contributed by atoms with van der Waals surface area (Å²) in [6, 6.07) is 4.23. The molecule has 1 aromatic rings. The third-order valence-corrected chi connectivity index (χ3v) is 2.07. The normalized spacial score (nSPS) is 11.1. The maximum atomic E-state index is 13.3. The van der Waals surface area contributed by atoms with E-state index in [1.807, 2.05) is 20.8 Å². The zero-order chi connectivity index (χ0) is 12.3. The van der Waals surface area contributed by atoms with Gasteiger partial charge in [-0.05, 0) is 39.0 Å². The summed E-state index contributed by atoms with van der Waals surface area (Å²) in [4.78, 5) is 11.4. The van der Waals surface area contributed by atoms with Crippen LogP contribution in [0.3, 0.4) is 0 Å². The number of carbonyl (C=O) groups excluding carboxylic acids is 1. The Morgan fingerprint density at radius 1 is 1.44 bits per heavy atom. The molecule has 3 nitrogen and oxygen atoms in total. The molecular weight excluding hydrogens is 277 g/mol. The van der Waals surface area contributed by atoms with Gasteiger partial charge in [0.25, 0.3) is 0 Å². The Morgan fingerprint density at radius 3 is 2.56 bits per heavy atom. The van der Waals surface area contributed by atoms with Gasteiger partial charge < -0.3 is 10.1 Å². The summed E-state index contributed by atoms with van der Waals surface area (Å²) in [5.74, 6) is -0.677. The van der Waals surface area contributed by atoms with Crippen LogP contribution >= 0.6 is 15.9 Å². The van der Waals surface area contributed by atoms with Gasteiger partial charge in [-0.3, -0.25) is 0 Å². The number of rotatable bonds is 1. The predicted molar refractivity (Wildman–Crippen MR) is 63.0 cm³/mol. The van der Waals surface area contributed by atoms with Gasteiger partial charge in [0.05, 0.1) is 0 Å². The number of halogens is 2. The second-order valence-corrected chi connectivity index (χ2v) is 5.25. The molecule has 0 fully saturated rings. The highest BCUT2D eigenvalue weighted by molar-refractivity contribution is 9.10. The lowest BCUT2D eigenvalue weighted by Crippen LogP contribution is -2.42. The summed E-state index contributed by atoms with van der Waals surface area (Å²) in [6.07, 6.45) is -0.672. The summed E-state index contributed by atoms with van der Waals surface area (Å²) in [5, 5.41) is 2.57. The van der Waals surface area contributed by atoms with E-state index in [9.17, 15) is 9.18 Å². The number of ether oxygens (including phenoxy) is 1. The smallest absolute Gasteiger partial charge is 0.407 e. The van der Waals surface area contributed by atoms with Crippen LogP contribution in [0.1, 0.15) is 20.8 Å². The average Bonchev–Trinajstić information content (AvgIpc) is 2.06. The molecule has 5 heteroatoms. The summed E-state index contributed by atoms with van der Waals surface area (Å²) in [7, 11) is 0. The van der Waals surface area contributed by atoms with E-state index < -0.39 is 17.4 Å². The first kappa shape index (κ1) is 13.0. The van der Waals surface area contributed by atoms with Crippen LogP contribution in [-0.4, -0.2) is 11.6 Å². The van der Waals surface area contributed by atoms with Gasteiger partial charge in [0, 0.05) is 10.0 Å². The van der Waals surface area contributed by atoms with Crippen LogP contribution in [-0.2, 0) is 0 Å². The van der Waals surface area contributed by atoms with E-state index in [0.717, 1.165) is 0 Å². The van der Waals surface area contributed by atoms with E-state index in [1.165, 1.54) is 12.1 Å². The fourth-order valence-electron chi connectivity index (χ4n) is 0.990. The Labute approximate surface area is 102 Å². The minimum absolute atomic E-state index is 0.0926. The fraction of sp³-hybridized carbons (Fsp3) is 0.364. The summed E-state index contributed by atoms with van der Waals surface area (Å²) < 4.78 is 18.7. The molecule has 0 spiro atoms. The zero-order valence-corrected chi connectivity index (χ0v) is 10.9. The number of amides is 1. The second-order valence-electron chi connectivity index (χ2n) is 4.34. The molecule has 0 aromatic heterocycles. The lowest BCUT2D eigenvalue weighted by atomic mass is 10.1. The van der Waals surface area contributed by atoms with Crippen molar-refractivity contribution >= 4 is 22.0 Å². The van der Waals surface area contributed by atoms with Crippen LogP contribution in [0.2, 0.25) is 0 Å². The average molecular weight is 290 g/mol. The Morgan fingerprint density at radius 2 is 2.06 bits per heavy atom. The molecule has 0 heterocycles. The third kappa shape index (κ3) is 4.18. The molecule has 0 bridgehead atoms. The van der Waals surface area contributed by atoms with Gasteiger partial charge in [-0.25, -0.2) is 9.18 Å². The van der Waals surface area contributed by atoms with Gasteiger partial charge in [-0.15, -0.1) is 0 Å². The van der Waals surface area contributed by atoms with E-state index >= 15 is 0 Å². The Kier molecular flexibility index (Phi) is 3.91. The van der Waals surface area contributed by atoms with Gasteiger partial charge in [-0.2, -0.15) is 0 Å². The first-order valence-electron chi connectivity index (χ1n) is 4.73. The molecule has 0 aliphatic rings. The Balaban J connectivity index is 2.70. The molecule has 1 aromatic carbocycles. The van der Waals surface area contributed by atoms with E-state index in [-0.39, 0.29) is 5.75 Å². The summed E-state index contributed by atoms with van der Waals surface area (Å²) >= 11 is 3.12. The molecule has 16 heavy (non-hydrogen) atoms. The molecule has 88 valence electrons. The lowest BCUT2D eigenvalue weighted by molar-refractivity contribution is 0.188. The van der Waals surface area contributed by atoms with Gasteiger partial charge in [0.2, 0.25) is 0 Å². The molecule has 1 amide bonds. The van der Waals surface area contributed by atoms with E-state index in [2.05, 4.69) is 21.2 Å². The molecule has 0 unspecified atom stereocenters. The quantitative estimate of drug-likeness (QED) is 0.860. The molecule has 0 saturated carbocycles. The highest BCUT2D eigenvalue weighted by Gasteiger charge is 2.16. The van der Waals surface area contributed by atoms with Crippen molar-refractivity contribution in [1.29, 1.82) is 0 Å². The first-order valence-corrected chi connectivity index (χ1v) is 5.52. The largest absolute Gasteiger partial charge is 0.413 e. The minimum atomic E-state index is -0.672. The van der Waals surface area contributed by atoms with Crippen molar-refractivity contribution < 1.29 is 13.9 Å². The summed E-state index contributed by atoms with van der Waals surface area (Å²) in [6.45, 7) is 5.44. The Bertz CT molecular complexity index is 401. The Hall–Kier alpha value is -1.10. The molecule has 0 aliphatic heterocycles. The maximum absolute atomic E-state index is 13.3. The maximum Gasteiger partial charge on any atom is 0.413 e. The minimum Gasteiger partial charge on any atom is -0.407 e. The van der Waals surface area contributed by atoms with E-state index in [1.54, 1.807) is 6.07 Å². The second kappa shape index (κ2) is 4.82. The van der Waals surface area contributed by atoms with Crippen LogP contribution in [0.5, 0.6) is 5.75 Å². The van der Waals surface area contributed by atoms with Crippen molar-refractivity contribution in [2.24, 2.45) is 0 Å². The van der Waals surface area contributed by atoms with Gasteiger partial charge >= 0.3 is 6.09 Å². The molecule has 0 aliphatic carbocycles. The van der Waals surface area contributed by atoms with Gasteiger partial charge in [-0.1, -0.05) is 15.9 Å². The van der Waals surface area contributed by atoms with Gasteiger partial charge in [0.15, 0.2) is 11.6 Å². The third-order valence-electron chi connectivity index (χ3n) is 1.57. The standard InChI is InChI=1S/C11H13BrFNO2/c1-11(2,3)14-10(15)16-9-5-4-7(12)6-8(9)13/h4-6H,1-3H3,(H,14,15). The van der Waals surface area contributed by atoms with Crippen molar-refractivity contribution in [2.75, 3.05) is 0 Å². The van der Waals surface area contributed by atoms with Crippen LogP contribution in [0.25, 0.3) is 0 Å². The number of nitrogens with one attached hydrogen (secondary N) is 1. The van der Waals surface area contributed by atoms with Gasteiger partial charge in [0.1, 0.15) is 0 Å². The lowest BCUT2D eigenvalue weighted by Gasteiger charge is -2.19. The van der Waals surface area contributed by atoms with Crippen molar-refractivity contribution in [3.8, 4) is 5.75 Å². The van der Waals surface area contributed by atoms with Crippen LogP contribution in [0, 0.1) is 5.82 Å². The van der Waals surface area contributed by atoms with Crippen molar-refractivity contribution in [2.45, 2.75) is 26.3 Å². The molecule has 1 N–H and O–H groups in total. The molecule has 0 atom stereocenters. The number of hydrogen-bond acceptors (Lipinski definition) is 2. The number of carbonyl (C=O) groups is 1. The van der Waals surface area contributed by atoms with Crippen molar-refractivity contribution in [3.05, 3.63) is 28.5 Å². The van der Waals surface area contributed by atoms with Crippen molar-refractivity contribution in [3.63, 3.8) is 0 Å². The van der Waals surface area contributed by atoms with Crippen molar-refractivity contribution in [1.82, 2.24) is 5.32 Å². The molecule has 0 radical (unpaired) electrons. The monoisotopic (exact) mass is 289 g/mol. The van der Waals surface area contributed by atoms with Crippen LogP contribution in [0.4, 0.5) is 9.18 Å². The van der Waals surface area contributed by atoms with Crippen LogP contribution in [0.15, 0.2) is 22.7 Å².